The van der Waals surface area contributed by atoms with Gasteiger partial charge in [0.15, 0.2) is 11.2 Å². The molecule has 3 heterocycles. The number of fused-ring (bicyclic) bond motifs is 2. The number of rotatable bonds is 8. The number of hydrogen-bond donors (Lipinski definition) is 2. The summed E-state index contributed by atoms with van der Waals surface area (Å²) in [6.45, 7) is 0.500. The zero-order valence-electron chi connectivity index (χ0n) is 19.0. The maximum atomic E-state index is 13.4. The van der Waals surface area contributed by atoms with Crippen molar-refractivity contribution in [3.05, 3.63) is 87.5 Å². The molecule has 3 aromatic heterocycles. The molecule has 178 valence electrons. The van der Waals surface area contributed by atoms with Gasteiger partial charge in [-0.1, -0.05) is 30.3 Å². The van der Waals surface area contributed by atoms with Crippen molar-refractivity contribution in [3.63, 3.8) is 0 Å². The van der Waals surface area contributed by atoms with E-state index in [1.54, 1.807) is 36.1 Å². The van der Waals surface area contributed by atoms with E-state index in [4.69, 9.17) is 4.74 Å². The molecule has 0 bridgehead atoms. The van der Waals surface area contributed by atoms with Crippen molar-refractivity contribution >= 4 is 33.7 Å². The fourth-order valence-electron chi connectivity index (χ4n) is 4.01. The SMILES string of the molecule is COCCn1cnc2c1c(=O)n(CC(=O)Nc1ccc3[nH]ncc3c1)c(=O)n2Cc1ccccc1. The molecule has 2 N–H and O–H groups in total. The maximum Gasteiger partial charge on any atom is 0.333 e. The number of anilines is 1. The van der Waals surface area contributed by atoms with Gasteiger partial charge in [-0.3, -0.25) is 19.3 Å². The molecule has 11 heteroatoms. The van der Waals surface area contributed by atoms with E-state index in [1.165, 1.54) is 10.9 Å². The summed E-state index contributed by atoms with van der Waals surface area (Å²) in [4.78, 5) is 44.0. The fourth-order valence-corrected chi connectivity index (χ4v) is 4.01. The van der Waals surface area contributed by atoms with Crippen LogP contribution in [0.1, 0.15) is 5.56 Å². The van der Waals surface area contributed by atoms with Crippen LogP contribution in [0, 0.1) is 0 Å². The number of H-pyrrole nitrogens is 1. The molecule has 0 radical (unpaired) electrons. The highest BCUT2D eigenvalue weighted by Crippen LogP contribution is 2.16. The average Bonchev–Trinajstić information content (AvgIpc) is 3.50. The molecule has 11 nitrogen and oxygen atoms in total. The molecule has 5 aromatic rings. The largest absolute Gasteiger partial charge is 0.383 e. The number of hydrogen-bond acceptors (Lipinski definition) is 6. The van der Waals surface area contributed by atoms with E-state index in [1.807, 2.05) is 30.3 Å². The third-order valence-electron chi connectivity index (χ3n) is 5.73. The van der Waals surface area contributed by atoms with E-state index in [-0.39, 0.29) is 17.7 Å². The van der Waals surface area contributed by atoms with Gasteiger partial charge in [0.1, 0.15) is 6.54 Å². The zero-order valence-corrected chi connectivity index (χ0v) is 19.0. The van der Waals surface area contributed by atoms with Crippen molar-refractivity contribution < 1.29 is 9.53 Å². The number of aromatic nitrogens is 6. The van der Waals surface area contributed by atoms with E-state index in [2.05, 4.69) is 20.5 Å². The number of carbonyl (C=O) groups is 1. The molecule has 0 aliphatic carbocycles. The van der Waals surface area contributed by atoms with Crippen molar-refractivity contribution in [3.8, 4) is 0 Å². The topological polar surface area (TPSA) is 129 Å². The second-order valence-electron chi connectivity index (χ2n) is 8.07. The molecular weight excluding hydrogens is 450 g/mol. The fraction of sp³-hybridized carbons (Fsp3) is 0.208. The number of amides is 1. The Morgan fingerprint density at radius 3 is 2.74 bits per heavy atom. The Kier molecular flexibility index (Phi) is 5.98. The lowest BCUT2D eigenvalue weighted by atomic mass is 10.2. The molecular formula is C24H23N7O4. The minimum atomic E-state index is -0.608. The summed E-state index contributed by atoms with van der Waals surface area (Å²) in [7, 11) is 1.56. The summed E-state index contributed by atoms with van der Waals surface area (Å²) in [5, 5.41) is 10.4. The predicted molar refractivity (Wildman–Crippen MR) is 130 cm³/mol. The van der Waals surface area contributed by atoms with Gasteiger partial charge in [0.05, 0.1) is 31.2 Å². The monoisotopic (exact) mass is 473 g/mol. The first-order valence-corrected chi connectivity index (χ1v) is 11.0. The number of nitrogens with one attached hydrogen (secondary N) is 2. The maximum absolute atomic E-state index is 13.4. The van der Waals surface area contributed by atoms with Gasteiger partial charge in [-0.25, -0.2) is 14.3 Å². The number of carbonyl (C=O) groups excluding carboxylic acids is 1. The van der Waals surface area contributed by atoms with Crippen LogP contribution in [0.3, 0.4) is 0 Å². The van der Waals surface area contributed by atoms with Crippen LogP contribution in [0.4, 0.5) is 5.69 Å². The Hall–Kier alpha value is -4.51. The van der Waals surface area contributed by atoms with Crippen molar-refractivity contribution in [2.45, 2.75) is 19.6 Å². The Morgan fingerprint density at radius 1 is 1.11 bits per heavy atom. The molecule has 0 unspecified atom stereocenters. The molecule has 5 rings (SSSR count). The van der Waals surface area contributed by atoms with Crippen molar-refractivity contribution in [1.82, 2.24) is 28.9 Å². The lowest BCUT2D eigenvalue weighted by molar-refractivity contribution is -0.116. The normalized spacial score (nSPS) is 11.3. The van der Waals surface area contributed by atoms with Gasteiger partial charge < -0.3 is 14.6 Å². The molecule has 0 aliphatic rings. The van der Waals surface area contributed by atoms with Gasteiger partial charge in [0.2, 0.25) is 5.91 Å². The van der Waals surface area contributed by atoms with Crippen molar-refractivity contribution in [2.24, 2.45) is 0 Å². The number of benzene rings is 2. The Labute approximate surface area is 198 Å². The van der Waals surface area contributed by atoms with Gasteiger partial charge in [-0.15, -0.1) is 0 Å². The lowest BCUT2D eigenvalue weighted by Crippen LogP contribution is -2.43. The highest BCUT2D eigenvalue weighted by Gasteiger charge is 2.20. The summed E-state index contributed by atoms with van der Waals surface area (Å²) < 4.78 is 9.15. The summed E-state index contributed by atoms with van der Waals surface area (Å²) in [6.07, 6.45) is 3.16. The third-order valence-corrected chi connectivity index (χ3v) is 5.73. The van der Waals surface area contributed by atoms with E-state index in [9.17, 15) is 14.4 Å². The van der Waals surface area contributed by atoms with Crippen LogP contribution in [0.5, 0.6) is 0 Å². The predicted octanol–water partition coefficient (Wildman–Crippen LogP) is 1.57. The van der Waals surface area contributed by atoms with E-state index < -0.39 is 23.7 Å². The Balaban J connectivity index is 1.54. The first kappa shape index (κ1) is 22.3. The van der Waals surface area contributed by atoms with Crippen LogP contribution >= 0.6 is 0 Å². The van der Waals surface area contributed by atoms with Crippen molar-refractivity contribution in [2.75, 3.05) is 19.0 Å². The van der Waals surface area contributed by atoms with E-state index in [0.717, 1.165) is 21.0 Å². The minimum absolute atomic E-state index is 0.205. The molecule has 35 heavy (non-hydrogen) atoms. The Bertz CT molecular complexity index is 1630. The highest BCUT2D eigenvalue weighted by atomic mass is 16.5. The molecule has 0 aliphatic heterocycles. The molecule has 0 atom stereocenters. The zero-order chi connectivity index (χ0) is 24.4. The molecule has 0 saturated heterocycles. The summed E-state index contributed by atoms with van der Waals surface area (Å²) >= 11 is 0. The Morgan fingerprint density at radius 2 is 1.94 bits per heavy atom. The smallest absolute Gasteiger partial charge is 0.333 e. The quantitative estimate of drug-likeness (QED) is 0.352. The van der Waals surface area contributed by atoms with Gasteiger partial charge in [-0.05, 0) is 23.8 Å². The van der Waals surface area contributed by atoms with Crippen LogP contribution in [0.15, 0.2) is 70.6 Å². The molecule has 2 aromatic carbocycles. The highest BCUT2D eigenvalue weighted by molar-refractivity contribution is 5.93. The number of methoxy groups -OCH3 is 1. The molecule has 0 fully saturated rings. The number of aromatic amines is 1. The van der Waals surface area contributed by atoms with Crippen molar-refractivity contribution in [1.29, 1.82) is 0 Å². The van der Waals surface area contributed by atoms with Crippen LogP contribution in [0.2, 0.25) is 0 Å². The number of imidazole rings is 1. The summed E-state index contributed by atoms with van der Waals surface area (Å²) in [5.41, 5.74) is 1.55. The van der Waals surface area contributed by atoms with Gasteiger partial charge in [0.25, 0.3) is 5.56 Å². The van der Waals surface area contributed by atoms with E-state index >= 15 is 0 Å². The van der Waals surface area contributed by atoms with Crippen LogP contribution in [-0.2, 0) is 29.2 Å². The third kappa shape index (κ3) is 4.36. The van der Waals surface area contributed by atoms with Gasteiger partial charge in [-0.2, -0.15) is 5.10 Å². The molecule has 0 spiro atoms. The first-order valence-electron chi connectivity index (χ1n) is 11.0. The first-order chi connectivity index (χ1) is 17.0. The molecule has 1 amide bonds. The van der Waals surface area contributed by atoms with Crippen LogP contribution < -0.4 is 16.6 Å². The lowest BCUT2D eigenvalue weighted by Gasteiger charge is -2.13. The van der Waals surface area contributed by atoms with Crippen LogP contribution in [0.25, 0.3) is 22.1 Å². The van der Waals surface area contributed by atoms with E-state index in [0.29, 0.717) is 18.8 Å². The molecule has 0 saturated carbocycles. The number of ether oxygens (including phenoxy) is 1. The number of nitrogens with zero attached hydrogens (tertiary/aromatic N) is 5. The second-order valence-corrected chi connectivity index (χ2v) is 8.07. The van der Waals surface area contributed by atoms with Crippen LogP contribution in [-0.4, -0.2) is 48.5 Å². The summed E-state index contributed by atoms with van der Waals surface area (Å²) in [5.74, 6) is -0.499. The summed E-state index contributed by atoms with van der Waals surface area (Å²) in [6, 6.07) is 14.7. The average molecular weight is 473 g/mol. The standard InChI is InChI=1S/C24H23N7O4/c1-35-10-9-29-15-25-22-21(29)23(33)31(24(34)30(22)13-16-5-3-2-4-6-16)14-20(32)27-18-7-8-19-17(11-18)12-26-28-19/h2-8,11-12,15H,9-10,13-14H2,1H3,(H,26,28)(H,27,32). The van der Waals surface area contributed by atoms with Gasteiger partial charge >= 0.3 is 5.69 Å². The van der Waals surface area contributed by atoms with Gasteiger partial charge in [0, 0.05) is 24.7 Å². The second kappa shape index (κ2) is 9.39. The minimum Gasteiger partial charge on any atom is -0.383 e.